The average Bonchev–Trinajstić information content (AvgIpc) is 3.43. The molecule has 9 aromatic rings. The topological polar surface area (TPSA) is 38.9 Å². The van der Waals surface area contributed by atoms with E-state index in [0.29, 0.717) is 0 Å². The molecule has 3 heterocycles. The Bertz CT molecular complexity index is 2470. The second-order valence-corrected chi connectivity index (χ2v) is 10.5. The van der Waals surface area contributed by atoms with Crippen LogP contribution in [0, 0.1) is 0 Å². The maximum atomic E-state index is 6.42. The van der Waals surface area contributed by atoms with Crippen molar-refractivity contribution in [2.45, 2.75) is 0 Å². The summed E-state index contributed by atoms with van der Waals surface area (Å²) in [6.45, 7) is 0. The van der Waals surface area contributed by atoms with Gasteiger partial charge in [-0.25, -0.2) is 9.97 Å². The quantitative estimate of drug-likeness (QED) is 0.212. The van der Waals surface area contributed by atoms with Crippen molar-refractivity contribution in [1.82, 2.24) is 9.97 Å². The molecule has 0 saturated heterocycles. The number of furan rings is 1. The predicted octanol–water partition coefficient (Wildman–Crippen LogP) is 10.3. The lowest BCUT2D eigenvalue weighted by molar-refractivity contribution is 0.672. The first-order valence-corrected chi connectivity index (χ1v) is 13.8. The van der Waals surface area contributed by atoms with Gasteiger partial charge in [-0.1, -0.05) is 109 Å². The number of fused-ring (bicyclic) bond motifs is 10. The zero-order valence-electron chi connectivity index (χ0n) is 22.0. The van der Waals surface area contributed by atoms with Crippen LogP contribution in [-0.4, -0.2) is 9.97 Å². The van der Waals surface area contributed by atoms with E-state index in [2.05, 4.69) is 115 Å². The van der Waals surface area contributed by atoms with Gasteiger partial charge >= 0.3 is 0 Å². The Kier molecular flexibility index (Phi) is 4.61. The van der Waals surface area contributed by atoms with Gasteiger partial charge in [-0.15, -0.1) is 0 Å². The first-order chi connectivity index (χ1) is 20.3. The third-order valence-corrected chi connectivity index (χ3v) is 8.24. The fraction of sp³-hybridized carbons (Fsp3) is 0. The van der Waals surface area contributed by atoms with Crippen molar-refractivity contribution in [3.05, 3.63) is 133 Å². The summed E-state index contributed by atoms with van der Waals surface area (Å²) in [4.78, 5) is 10.5. The summed E-state index contributed by atoms with van der Waals surface area (Å²) >= 11 is 0. The van der Waals surface area contributed by atoms with Crippen molar-refractivity contribution in [2.24, 2.45) is 0 Å². The standard InChI is InChI=1S/C38H22N2O/c1-2-10-23(11-3-1)35-29-16-7-5-13-26(29)32-22-24(18-21-33(32)39-35)36-28-15-6-4-12-25(28)30-19-20-31-27-14-8-9-17-34(27)41-38(31)37(30)40-36/h1-22H. The Labute approximate surface area is 235 Å². The van der Waals surface area contributed by atoms with Gasteiger partial charge in [0.15, 0.2) is 5.58 Å². The summed E-state index contributed by atoms with van der Waals surface area (Å²) in [7, 11) is 0. The fourth-order valence-electron chi connectivity index (χ4n) is 6.34. The highest BCUT2D eigenvalue weighted by Crippen LogP contribution is 2.40. The molecule has 0 saturated carbocycles. The van der Waals surface area contributed by atoms with Crippen LogP contribution in [-0.2, 0) is 0 Å². The van der Waals surface area contributed by atoms with Gasteiger partial charge in [0.2, 0.25) is 0 Å². The van der Waals surface area contributed by atoms with Crippen LogP contribution in [0.2, 0.25) is 0 Å². The normalized spacial score (nSPS) is 11.9. The van der Waals surface area contributed by atoms with Crippen molar-refractivity contribution in [2.75, 3.05) is 0 Å². The highest BCUT2D eigenvalue weighted by atomic mass is 16.3. The summed E-state index contributed by atoms with van der Waals surface area (Å²) in [5.74, 6) is 0. The lowest BCUT2D eigenvalue weighted by Crippen LogP contribution is -1.93. The van der Waals surface area contributed by atoms with Gasteiger partial charge in [0, 0.05) is 43.4 Å². The molecule has 190 valence electrons. The van der Waals surface area contributed by atoms with Crippen molar-refractivity contribution in [3.8, 4) is 22.5 Å². The molecular weight excluding hydrogens is 500 g/mol. The largest absolute Gasteiger partial charge is 0.454 e. The number of nitrogens with zero attached hydrogens (tertiary/aromatic N) is 2. The molecule has 9 rings (SSSR count). The third kappa shape index (κ3) is 3.26. The van der Waals surface area contributed by atoms with Crippen LogP contribution in [0.3, 0.4) is 0 Å². The monoisotopic (exact) mass is 522 g/mol. The lowest BCUT2D eigenvalue weighted by Gasteiger charge is -2.13. The number of hydrogen-bond acceptors (Lipinski definition) is 3. The number of para-hydroxylation sites is 1. The maximum Gasteiger partial charge on any atom is 0.161 e. The molecule has 0 radical (unpaired) electrons. The number of rotatable bonds is 2. The Hall–Kier alpha value is -5.54. The van der Waals surface area contributed by atoms with Crippen LogP contribution in [0.4, 0.5) is 0 Å². The van der Waals surface area contributed by atoms with E-state index < -0.39 is 0 Å². The molecule has 41 heavy (non-hydrogen) atoms. The summed E-state index contributed by atoms with van der Waals surface area (Å²) in [6, 6.07) is 46.6. The summed E-state index contributed by atoms with van der Waals surface area (Å²) in [5, 5.41) is 9.02. The van der Waals surface area contributed by atoms with E-state index in [-0.39, 0.29) is 0 Å². The van der Waals surface area contributed by atoms with Gasteiger partial charge in [-0.2, -0.15) is 0 Å². The molecule has 3 nitrogen and oxygen atoms in total. The number of pyridine rings is 2. The molecule has 3 aromatic heterocycles. The summed E-state index contributed by atoms with van der Waals surface area (Å²) in [5.41, 5.74) is 7.68. The Morgan fingerprint density at radius 2 is 1.00 bits per heavy atom. The van der Waals surface area contributed by atoms with Crippen LogP contribution in [0.5, 0.6) is 0 Å². The van der Waals surface area contributed by atoms with Crippen LogP contribution < -0.4 is 0 Å². The maximum absolute atomic E-state index is 6.42. The van der Waals surface area contributed by atoms with Crippen molar-refractivity contribution < 1.29 is 4.42 Å². The number of hydrogen-bond donors (Lipinski definition) is 0. The van der Waals surface area contributed by atoms with Crippen molar-refractivity contribution in [1.29, 1.82) is 0 Å². The first-order valence-electron chi connectivity index (χ1n) is 13.8. The van der Waals surface area contributed by atoms with E-state index >= 15 is 0 Å². The zero-order valence-corrected chi connectivity index (χ0v) is 22.0. The Morgan fingerprint density at radius 1 is 0.390 bits per heavy atom. The molecule has 0 aliphatic carbocycles. The second-order valence-electron chi connectivity index (χ2n) is 10.5. The van der Waals surface area contributed by atoms with Gasteiger partial charge in [-0.3, -0.25) is 0 Å². The van der Waals surface area contributed by atoms with Crippen LogP contribution in [0.15, 0.2) is 138 Å². The predicted molar refractivity (Wildman–Crippen MR) is 170 cm³/mol. The lowest BCUT2D eigenvalue weighted by atomic mass is 9.96. The average molecular weight is 523 g/mol. The smallest absolute Gasteiger partial charge is 0.161 e. The molecule has 0 N–H and O–H groups in total. The molecular formula is C38H22N2O. The van der Waals surface area contributed by atoms with Crippen LogP contribution >= 0.6 is 0 Å². The minimum Gasteiger partial charge on any atom is -0.454 e. The minimum absolute atomic E-state index is 0.830. The van der Waals surface area contributed by atoms with Crippen molar-refractivity contribution >= 4 is 65.3 Å². The molecule has 0 aliphatic heterocycles. The molecule has 3 heteroatoms. The molecule has 0 unspecified atom stereocenters. The number of benzene rings is 6. The first kappa shape index (κ1) is 22.3. The Balaban J connectivity index is 1.36. The van der Waals surface area contributed by atoms with Gasteiger partial charge in [0.25, 0.3) is 0 Å². The molecule has 0 spiro atoms. The van der Waals surface area contributed by atoms with Crippen molar-refractivity contribution in [3.63, 3.8) is 0 Å². The highest BCUT2D eigenvalue weighted by molar-refractivity contribution is 6.21. The van der Waals surface area contributed by atoms with E-state index in [1.807, 2.05) is 18.2 Å². The zero-order chi connectivity index (χ0) is 26.9. The molecule has 0 bridgehead atoms. The van der Waals surface area contributed by atoms with Gasteiger partial charge in [0.05, 0.1) is 16.9 Å². The van der Waals surface area contributed by atoms with E-state index in [0.717, 1.165) is 82.4 Å². The molecule has 6 aromatic carbocycles. The minimum atomic E-state index is 0.830. The molecule has 0 atom stereocenters. The molecule has 0 amide bonds. The third-order valence-electron chi connectivity index (χ3n) is 8.24. The highest BCUT2D eigenvalue weighted by Gasteiger charge is 2.17. The van der Waals surface area contributed by atoms with Crippen LogP contribution in [0.25, 0.3) is 87.8 Å². The van der Waals surface area contributed by atoms with E-state index in [1.54, 1.807) is 0 Å². The molecule has 0 fully saturated rings. The van der Waals surface area contributed by atoms with Gasteiger partial charge in [-0.05, 0) is 35.0 Å². The summed E-state index contributed by atoms with van der Waals surface area (Å²) in [6.07, 6.45) is 0. The van der Waals surface area contributed by atoms with E-state index in [9.17, 15) is 0 Å². The fourth-order valence-corrected chi connectivity index (χ4v) is 6.34. The number of aromatic nitrogens is 2. The van der Waals surface area contributed by atoms with E-state index in [1.165, 1.54) is 5.39 Å². The summed E-state index contributed by atoms with van der Waals surface area (Å²) < 4.78 is 6.42. The van der Waals surface area contributed by atoms with Gasteiger partial charge < -0.3 is 4.42 Å². The van der Waals surface area contributed by atoms with Crippen LogP contribution in [0.1, 0.15) is 0 Å². The molecule has 0 aliphatic rings. The van der Waals surface area contributed by atoms with Gasteiger partial charge in [0.1, 0.15) is 11.1 Å². The van der Waals surface area contributed by atoms with E-state index in [4.69, 9.17) is 14.4 Å². The second kappa shape index (κ2) is 8.48. The SMILES string of the molecule is c1ccc(-c2nc3ccc(-c4nc5c(ccc6c7ccccc7oc65)c5ccccc45)cc3c3ccccc23)cc1. The Morgan fingerprint density at radius 3 is 1.78 bits per heavy atom.